The van der Waals surface area contributed by atoms with Crippen molar-refractivity contribution in [3.63, 3.8) is 0 Å². The van der Waals surface area contributed by atoms with Crippen molar-refractivity contribution >= 4 is 68.7 Å². The molecule has 0 spiro atoms. The Bertz CT molecular complexity index is 1410. The van der Waals surface area contributed by atoms with Crippen molar-refractivity contribution in [2.75, 3.05) is 12.0 Å². The number of carbonyl (C=O) groups is 3. The molecular formula is C26H19BrCl2N2O5. The van der Waals surface area contributed by atoms with Crippen LogP contribution in [0.25, 0.3) is 6.08 Å². The summed E-state index contributed by atoms with van der Waals surface area (Å²) < 4.78 is 11.9. The third-order valence-electron chi connectivity index (χ3n) is 5.41. The number of carbonyl (C=O) groups excluding carboxylic acids is 3. The number of barbiturate groups is 1. The van der Waals surface area contributed by atoms with Crippen molar-refractivity contribution in [3.05, 3.63) is 91.4 Å². The van der Waals surface area contributed by atoms with Gasteiger partial charge in [0, 0.05) is 14.5 Å². The quantitative estimate of drug-likeness (QED) is 0.269. The van der Waals surface area contributed by atoms with Gasteiger partial charge >= 0.3 is 6.03 Å². The number of nitrogens with one attached hydrogen (secondary N) is 1. The number of amides is 4. The standard InChI is InChI=1S/C26H19BrCl2N2O5/c1-14-3-8-18(11-21(14)29)31-25(33)19(24(32)30-26(31)34)9-16-10-22(35-2)23(12-20(16)27)36-13-15-4-6-17(28)7-5-15/h3-12H,13H2,1-2H3,(H,30,32,34)/b19-9-. The van der Waals surface area contributed by atoms with Crippen LogP contribution in [0.5, 0.6) is 11.5 Å². The fraction of sp³-hybridized carbons (Fsp3) is 0.115. The van der Waals surface area contributed by atoms with E-state index in [0.29, 0.717) is 31.6 Å². The maximum atomic E-state index is 13.2. The summed E-state index contributed by atoms with van der Waals surface area (Å²) in [6.45, 7) is 2.07. The summed E-state index contributed by atoms with van der Waals surface area (Å²) in [5.41, 5.74) is 2.18. The first-order valence-electron chi connectivity index (χ1n) is 10.6. The Labute approximate surface area is 225 Å². The van der Waals surface area contributed by atoms with Crippen molar-refractivity contribution in [2.45, 2.75) is 13.5 Å². The third kappa shape index (κ3) is 5.41. The molecule has 1 fully saturated rings. The molecule has 0 saturated carbocycles. The van der Waals surface area contributed by atoms with Crippen LogP contribution in [0, 0.1) is 6.92 Å². The number of nitrogens with zero attached hydrogens (tertiary/aromatic N) is 1. The molecule has 7 nitrogen and oxygen atoms in total. The fourth-order valence-corrected chi connectivity index (χ4v) is 4.18. The first-order chi connectivity index (χ1) is 17.2. The van der Waals surface area contributed by atoms with Crippen LogP contribution in [0.4, 0.5) is 10.5 Å². The molecule has 1 N–H and O–H groups in total. The predicted octanol–water partition coefficient (Wildman–Crippen LogP) is 6.32. The molecule has 4 rings (SSSR count). The van der Waals surface area contributed by atoms with Crippen LogP contribution in [0.3, 0.4) is 0 Å². The van der Waals surface area contributed by atoms with E-state index in [2.05, 4.69) is 21.2 Å². The number of aryl methyl sites for hydroxylation is 1. The van der Waals surface area contributed by atoms with Gasteiger partial charge in [0.15, 0.2) is 11.5 Å². The Morgan fingerprint density at radius 2 is 1.72 bits per heavy atom. The highest BCUT2D eigenvalue weighted by molar-refractivity contribution is 9.10. The summed E-state index contributed by atoms with van der Waals surface area (Å²) in [4.78, 5) is 39.1. The van der Waals surface area contributed by atoms with E-state index < -0.39 is 17.8 Å². The highest BCUT2D eigenvalue weighted by Crippen LogP contribution is 2.36. The zero-order chi connectivity index (χ0) is 26.0. The highest BCUT2D eigenvalue weighted by atomic mass is 79.9. The second-order valence-corrected chi connectivity index (χ2v) is 9.53. The number of ether oxygens (including phenoxy) is 2. The van der Waals surface area contributed by atoms with Gasteiger partial charge in [-0.2, -0.15) is 0 Å². The summed E-state index contributed by atoms with van der Waals surface area (Å²) in [6, 6.07) is 14.4. The van der Waals surface area contributed by atoms with Gasteiger partial charge in [0.1, 0.15) is 12.2 Å². The number of imide groups is 2. The van der Waals surface area contributed by atoms with E-state index in [-0.39, 0.29) is 17.9 Å². The number of halogens is 3. The molecular weight excluding hydrogens is 571 g/mol. The molecule has 3 aromatic carbocycles. The average Bonchev–Trinajstić information content (AvgIpc) is 2.84. The highest BCUT2D eigenvalue weighted by Gasteiger charge is 2.37. The molecule has 0 aliphatic carbocycles. The van der Waals surface area contributed by atoms with Crippen molar-refractivity contribution < 1.29 is 23.9 Å². The molecule has 1 saturated heterocycles. The molecule has 0 aromatic heterocycles. The Balaban J connectivity index is 1.64. The summed E-state index contributed by atoms with van der Waals surface area (Å²) in [5, 5.41) is 3.21. The van der Waals surface area contributed by atoms with Crippen LogP contribution in [0.2, 0.25) is 10.0 Å². The van der Waals surface area contributed by atoms with Gasteiger partial charge in [-0.15, -0.1) is 0 Å². The minimum absolute atomic E-state index is 0.233. The maximum Gasteiger partial charge on any atom is 0.335 e. The molecule has 0 unspecified atom stereocenters. The number of methoxy groups -OCH3 is 1. The van der Waals surface area contributed by atoms with Gasteiger partial charge in [0.05, 0.1) is 12.8 Å². The van der Waals surface area contributed by atoms with Crippen molar-refractivity contribution in [1.29, 1.82) is 0 Å². The number of anilines is 1. The average molecular weight is 590 g/mol. The molecule has 1 aliphatic rings. The molecule has 1 aliphatic heterocycles. The van der Waals surface area contributed by atoms with Crippen LogP contribution in [0.1, 0.15) is 16.7 Å². The normalized spacial score (nSPS) is 14.8. The summed E-state index contributed by atoms with van der Waals surface area (Å²) >= 11 is 15.6. The van der Waals surface area contributed by atoms with Crippen LogP contribution in [-0.2, 0) is 16.2 Å². The van der Waals surface area contributed by atoms with Crippen LogP contribution in [-0.4, -0.2) is 25.0 Å². The lowest BCUT2D eigenvalue weighted by Crippen LogP contribution is -2.54. The number of hydrogen-bond acceptors (Lipinski definition) is 5. The van der Waals surface area contributed by atoms with E-state index in [1.54, 1.807) is 43.3 Å². The van der Waals surface area contributed by atoms with E-state index in [9.17, 15) is 14.4 Å². The van der Waals surface area contributed by atoms with Crippen LogP contribution < -0.4 is 19.7 Å². The summed E-state index contributed by atoms with van der Waals surface area (Å²) in [6.07, 6.45) is 1.38. The van der Waals surface area contributed by atoms with E-state index in [0.717, 1.165) is 16.0 Å². The molecule has 184 valence electrons. The number of benzene rings is 3. The minimum Gasteiger partial charge on any atom is -0.493 e. The number of hydrogen-bond donors (Lipinski definition) is 1. The van der Waals surface area contributed by atoms with Crippen molar-refractivity contribution in [3.8, 4) is 11.5 Å². The molecule has 36 heavy (non-hydrogen) atoms. The second kappa shape index (κ2) is 10.7. The Kier molecular flexibility index (Phi) is 7.68. The van der Waals surface area contributed by atoms with Crippen molar-refractivity contribution in [1.82, 2.24) is 5.32 Å². The van der Waals surface area contributed by atoms with Gasteiger partial charge in [-0.25, -0.2) is 9.69 Å². The van der Waals surface area contributed by atoms with Gasteiger partial charge < -0.3 is 9.47 Å². The van der Waals surface area contributed by atoms with E-state index in [1.807, 2.05) is 12.1 Å². The van der Waals surface area contributed by atoms with Gasteiger partial charge in [-0.3, -0.25) is 14.9 Å². The summed E-state index contributed by atoms with van der Waals surface area (Å²) in [5.74, 6) is -0.751. The van der Waals surface area contributed by atoms with Crippen molar-refractivity contribution in [2.24, 2.45) is 0 Å². The molecule has 4 amide bonds. The SMILES string of the molecule is COc1cc(/C=C2/C(=O)NC(=O)N(c3ccc(C)c(Cl)c3)C2=O)c(Br)cc1OCc1ccc(Cl)cc1. The number of urea groups is 1. The van der Waals surface area contributed by atoms with Crippen LogP contribution in [0.15, 0.2) is 64.6 Å². The lowest BCUT2D eigenvalue weighted by atomic mass is 10.1. The Morgan fingerprint density at radius 1 is 1.00 bits per heavy atom. The second-order valence-electron chi connectivity index (χ2n) is 7.83. The third-order valence-corrected chi connectivity index (χ3v) is 6.75. The zero-order valence-electron chi connectivity index (χ0n) is 19.1. The lowest BCUT2D eigenvalue weighted by Gasteiger charge is -2.26. The molecule has 0 atom stereocenters. The smallest absolute Gasteiger partial charge is 0.335 e. The van der Waals surface area contributed by atoms with Gasteiger partial charge in [-0.05, 0) is 66.1 Å². The lowest BCUT2D eigenvalue weighted by molar-refractivity contribution is -0.122. The Hall–Kier alpha value is -3.33. The zero-order valence-corrected chi connectivity index (χ0v) is 22.2. The Morgan fingerprint density at radius 3 is 2.39 bits per heavy atom. The topological polar surface area (TPSA) is 84.9 Å². The van der Waals surface area contributed by atoms with E-state index >= 15 is 0 Å². The maximum absolute atomic E-state index is 13.2. The molecule has 1 heterocycles. The fourth-order valence-electron chi connectivity index (χ4n) is 3.44. The first-order valence-corrected chi connectivity index (χ1v) is 12.1. The minimum atomic E-state index is -0.857. The molecule has 10 heteroatoms. The molecule has 0 radical (unpaired) electrons. The van der Waals surface area contributed by atoms with Crippen LogP contribution >= 0.6 is 39.1 Å². The van der Waals surface area contributed by atoms with Gasteiger partial charge in [0.25, 0.3) is 11.8 Å². The first kappa shape index (κ1) is 25.8. The largest absolute Gasteiger partial charge is 0.493 e. The predicted molar refractivity (Wildman–Crippen MR) is 142 cm³/mol. The number of rotatable bonds is 6. The monoisotopic (exact) mass is 588 g/mol. The molecule has 0 bridgehead atoms. The van der Waals surface area contributed by atoms with Gasteiger partial charge in [-0.1, -0.05) is 57.3 Å². The van der Waals surface area contributed by atoms with E-state index in [4.69, 9.17) is 32.7 Å². The molecule has 3 aromatic rings. The van der Waals surface area contributed by atoms with Gasteiger partial charge in [0.2, 0.25) is 0 Å². The summed E-state index contributed by atoms with van der Waals surface area (Å²) in [7, 11) is 1.48. The van der Waals surface area contributed by atoms with E-state index in [1.165, 1.54) is 19.3 Å².